The van der Waals surface area contributed by atoms with Gasteiger partial charge in [-0.15, -0.1) is 0 Å². The largest absolute Gasteiger partial charge is 0.343 e. The van der Waals surface area contributed by atoms with Gasteiger partial charge in [-0.2, -0.15) is 0 Å². The third-order valence-electron chi connectivity index (χ3n) is 3.56. The Morgan fingerprint density at radius 1 is 1.32 bits per heavy atom. The number of fused-ring (bicyclic) bond motifs is 1. The van der Waals surface area contributed by atoms with Crippen LogP contribution in [0.25, 0.3) is 11.0 Å². The Kier molecular flexibility index (Phi) is 3.06. The number of amides is 1. The average Bonchev–Trinajstić information content (AvgIpc) is 2.94. The number of rotatable bonds is 4. The zero-order valence-electron chi connectivity index (χ0n) is 10.6. The van der Waals surface area contributed by atoms with E-state index >= 15 is 0 Å². The molecule has 0 unspecified atom stereocenters. The van der Waals surface area contributed by atoms with Gasteiger partial charge in [0.05, 0.1) is 17.2 Å². The number of hydrogen-bond acceptors (Lipinski definition) is 3. The number of pyridine rings is 1. The van der Waals surface area contributed by atoms with Gasteiger partial charge in [-0.05, 0) is 18.9 Å². The van der Waals surface area contributed by atoms with Gasteiger partial charge in [-0.3, -0.25) is 14.3 Å². The molecule has 1 amide bonds. The molecule has 2 aromatic heterocycles. The van der Waals surface area contributed by atoms with Crippen molar-refractivity contribution in [2.45, 2.75) is 25.8 Å². The molecule has 0 aromatic carbocycles. The van der Waals surface area contributed by atoms with Gasteiger partial charge in [-0.25, -0.2) is 4.79 Å². The number of aromatic nitrogens is 3. The molecule has 0 saturated carbocycles. The molecule has 2 aromatic rings. The Morgan fingerprint density at radius 2 is 2.21 bits per heavy atom. The van der Waals surface area contributed by atoms with E-state index in [9.17, 15) is 9.59 Å². The van der Waals surface area contributed by atoms with E-state index < -0.39 is 0 Å². The molecule has 1 aliphatic rings. The summed E-state index contributed by atoms with van der Waals surface area (Å²) in [7, 11) is 0. The number of imidazole rings is 1. The number of aryl methyl sites for hydroxylation is 1. The Hall–Kier alpha value is -2.11. The number of hydrogen-bond donors (Lipinski definition) is 1. The second-order valence-corrected chi connectivity index (χ2v) is 4.81. The topological polar surface area (TPSA) is 71.0 Å². The van der Waals surface area contributed by atoms with Crippen molar-refractivity contribution < 1.29 is 4.79 Å². The van der Waals surface area contributed by atoms with E-state index in [2.05, 4.69) is 9.97 Å². The van der Waals surface area contributed by atoms with Crippen LogP contribution in [-0.2, 0) is 11.3 Å². The zero-order chi connectivity index (χ0) is 13.2. The first kappa shape index (κ1) is 12.0. The zero-order valence-corrected chi connectivity index (χ0v) is 10.6. The van der Waals surface area contributed by atoms with Crippen LogP contribution in [-0.4, -0.2) is 38.4 Å². The molecule has 100 valence electrons. The van der Waals surface area contributed by atoms with E-state index in [1.807, 2.05) is 11.0 Å². The SMILES string of the molecule is O=C1CCCN1CCCn1c(=O)[nH]c2cnccc21. The van der Waals surface area contributed by atoms with Crippen LogP contribution in [0.5, 0.6) is 0 Å². The van der Waals surface area contributed by atoms with Crippen molar-refractivity contribution in [1.29, 1.82) is 0 Å². The van der Waals surface area contributed by atoms with E-state index in [1.54, 1.807) is 17.0 Å². The lowest BCUT2D eigenvalue weighted by Gasteiger charge is -2.15. The molecule has 1 fully saturated rings. The van der Waals surface area contributed by atoms with Crippen molar-refractivity contribution in [2.75, 3.05) is 13.1 Å². The number of aromatic amines is 1. The Balaban J connectivity index is 1.70. The number of H-pyrrole nitrogens is 1. The first-order chi connectivity index (χ1) is 9.25. The van der Waals surface area contributed by atoms with Gasteiger partial charge in [0.15, 0.2) is 0 Å². The van der Waals surface area contributed by atoms with E-state index in [4.69, 9.17) is 0 Å². The van der Waals surface area contributed by atoms with E-state index in [-0.39, 0.29) is 11.6 Å². The minimum absolute atomic E-state index is 0.115. The molecule has 0 aliphatic carbocycles. The van der Waals surface area contributed by atoms with E-state index in [1.165, 1.54) is 0 Å². The Bertz CT molecular complexity index is 658. The molecule has 0 atom stereocenters. The van der Waals surface area contributed by atoms with E-state index in [0.29, 0.717) is 13.0 Å². The molecule has 1 N–H and O–H groups in total. The van der Waals surface area contributed by atoms with Gasteiger partial charge in [-0.1, -0.05) is 0 Å². The molecule has 19 heavy (non-hydrogen) atoms. The lowest BCUT2D eigenvalue weighted by atomic mass is 10.3. The fourth-order valence-electron chi connectivity index (χ4n) is 2.59. The highest BCUT2D eigenvalue weighted by Crippen LogP contribution is 2.11. The van der Waals surface area contributed by atoms with Crippen LogP contribution in [0.4, 0.5) is 0 Å². The summed E-state index contributed by atoms with van der Waals surface area (Å²) in [5.74, 6) is 0.232. The molecular weight excluding hydrogens is 244 g/mol. The number of carbonyl (C=O) groups is 1. The van der Waals surface area contributed by atoms with Crippen molar-refractivity contribution >= 4 is 16.9 Å². The van der Waals surface area contributed by atoms with Crippen molar-refractivity contribution in [3.05, 3.63) is 28.9 Å². The predicted octanol–water partition coefficient (Wildman–Crippen LogP) is 0.737. The number of nitrogens with one attached hydrogen (secondary N) is 1. The van der Waals surface area contributed by atoms with Crippen LogP contribution in [0, 0.1) is 0 Å². The second-order valence-electron chi connectivity index (χ2n) is 4.81. The van der Waals surface area contributed by atoms with Gasteiger partial charge >= 0.3 is 5.69 Å². The van der Waals surface area contributed by atoms with Gasteiger partial charge in [0.1, 0.15) is 0 Å². The maximum atomic E-state index is 11.8. The summed E-state index contributed by atoms with van der Waals surface area (Å²) < 4.78 is 1.71. The smallest absolute Gasteiger partial charge is 0.326 e. The minimum atomic E-state index is -0.115. The minimum Gasteiger partial charge on any atom is -0.343 e. The first-order valence-electron chi connectivity index (χ1n) is 6.56. The van der Waals surface area contributed by atoms with Crippen molar-refractivity contribution in [3.8, 4) is 0 Å². The summed E-state index contributed by atoms with van der Waals surface area (Å²) in [6.07, 6.45) is 5.74. The normalized spacial score (nSPS) is 15.6. The summed E-state index contributed by atoms with van der Waals surface area (Å²) in [6.45, 7) is 2.20. The summed E-state index contributed by atoms with van der Waals surface area (Å²) in [5.41, 5.74) is 1.51. The van der Waals surface area contributed by atoms with Crippen LogP contribution in [0.15, 0.2) is 23.3 Å². The molecule has 1 saturated heterocycles. The molecule has 6 nitrogen and oxygen atoms in total. The number of likely N-dealkylation sites (tertiary alicyclic amines) is 1. The number of carbonyl (C=O) groups excluding carboxylic acids is 1. The van der Waals surface area contributed by atoms with Gasteiger partial charge in [0.2, 0.25) is 5.91 Å². The highest BCUT2D eigenvalue weighted by Gasteiger charge is 2.19. The molecule has 6 heteroatoms. The average molecular weight is 260 g/mol. The highest BCUT2D eigenvalue weighted by atomic mass is 16.2. The lowest BCUT2D eigenvalue weighted by molar-refractivity contribution is -0.127. The molecule has 1 aliphatic heterocycles. The highest BCUT2D eigenvalue weighted by molar-refractivity contribution is 5.78. The molecular formula is C13H16N4O2. The third kappa shape index (κ3) is 2.25. The third-order valence-corrected chi connectivity index (χ3v) is 3.56. The van der Waals surface area contributed by atoms with Gasteiger partial charge in [0.25, 0.3) is 0 Å². The van der Waals surface area contributed by atoms with Crippen LogP contribution in [0.2, 0.25) is 0 Å². The van der Waals surface area contributed by atoms with Crippen LogP contribution >= 0.6 is 0 Å². The number of nitrogens with zero attached hydrogens (tertiary/aromatic N) is 3. The summed E-state index contributed by atoms with van der Waals surface area (Å²) >= 11 is 0. The van der Waals surface area contributed by atoms with Crippen molar-refractivity contribution in [3.63, 3.8) is 0 Å². The quantitative estimate of drug-likeness (QED) is 0.881. The first-order valence-corrected chi connectivity index (χ1v) is 6.56. The predicted molar refractivity (Wildman–Crippen MR) is 70.8 cm³/mol. The summed E-state index contributed by atoms with van der Waals surface area (Å²) in [6, 6.07) is 1.83. The second kappa shape index (κ2) is 4.87. The monoisotopic (exact) mass is 260 g/mol. The van der Waals surface area contributed by atoms with Crippen molar-refractivity contribution in [1.82, 2.24) is 19.4 Å². The Morgan fingerprint density at radius 3 is 3.00 bits per heavy atom. The molecule has 3 heterocycles. The van der Waals surface area contributed by atoms with Crippen LogP contribution in [0.3, 0.4) is 0 Å². The summed E-state index contributed by atoms with van der Waals surface area (Å²) in [4.78, 5) is 32.0. The molecule has 3 rings (SSSR count). The lowest BCUT2D eigenvalue weighted by Crippen LogP contribution is -2.27. The fourth-order valence-corrected chi connectivity index (χ4v) is 2.59. The van der Waals surface area contributed by atoms with Gasteiger partial charge in [0, 0.05) is 32.3 Å². The van der Waals surface area contributed by atoms with Crippen LogP contribution in [0.1, 0.15) is 19.3 Å². The maximum Gasteiger partial charge on any atom is 0.326 e. The van der Waals surface area contributed by atoms with Crippen LogP contribution < -0.4 is 5.69 Å². The molecule has 0 radical (unpaired) electrons. The molecule has 0 spiro atoms. The van der Waals surface area contributed by atoms with Crippen molar-refractivity contribution in [2.24, 2.45) is 0 Å². The van der Waals surface area contributed by atoms with Gasteiger partial charge < -0.3 is 9.88 Å². The summed E-state index contributed by atoms with van der Waals surface area (Å²) in [5, 5.41) is 0. The van der Waals surface area contributed by atoms with E-state index in [0.717, 1.165) is 37.0 Å². The maximum absolute atomic E-state index is 11.8. The molecule has 0 bridgehead atoms. The fraction of sp³-hybridized carbons (Fsp3) is 0.462. The standard InChI is InChI=1S/C13H16N4O2/c18-12-3-1-6-16(12)7-2-8-17-11-4-5-14-9-10(11)15-13(17)19/h4-5,9H,1-3,6-8H2,(H,15,19). The Labute approximate surface area is 110 Å².